The normalized spacial score (nSPS) is 9.62. The maximum absolute atomic E-state index is 12.0. The van der Waals surface area contributed by atoms with Crippen LogP contribution in [0.2, 0.25) is 0 Å². The van der Waals surface area contributed by atoms with Crippen LogP contribution in [0.1, 0.15) is 27.2 Å². The highest BCUT2D eigenvalue weighted by Crippen LogP contribution is 2.04. The Bertz CT molecular complexity index is 664. The average molecular weight is 279 g/mol. The Morgan fingerprint density at radius 2 is 2.00 bits per heavy atom. The molecule has 1 heterocycles. The van der Waals surface area contributed by atoms with Gasteiger partial charge in [-0.1, -0.05) is 17.9 Å². The number of rotatable bonds is 3. The van der Waals surface area contributed by atoms with Crippen molar-refractivity contribution in [1.29, 1.82) is 0 Å². The SMILES string of the molecule is Cc1ccc(CNC(=O)c2ccc(C#CCN)cc2)cn1. The van der Waals surface area contributed by atoms with Crippen LogP contribution in [-0.4, -0.2) is 17.4 Å². The maximum atomic E-state index is 12.0. The minimum Gasteiger partial charge on any atom is -0.348 e. The van der Waals surface area contributed by atoms with E-state index in [4.69, 9.17) is 5.73 Å². The van der Waals surface area contributed by atoms with E-state index in [1.54, 1.807) is 18.3 Å². The lowest BCUT2D eigenvalue weighted by atomic mass is 10.1. The van der Waals surface area contributed by atoms with E-state index in [0.29, 0.717) is 18.7 Å². The standard InChI is InChI=1S/C17H17N3O/c1-13-4-5-15(11-19-13)12-20-17(21)16-8-6-14(7-9-16)3-2-10-18/h4-9,11H,10,12,18H2,1H3,(H,20,21). The maximum Gasteiger partial charge on any atom is 0.251 e. The van der Waals surface area contributed by atoms with Gasteiger partial charge in [0.05, 0.1) is 6.54 Å². The number of carbonyl (C=O) groups is 1. The van der Waals surface area contributed by atoms with Crippen LogP contribution in [0.15, 0.2) is 42.6 Å². The molecule has 106 valence electrons. The van der Waals surface area contributed by atoms with Crippen LogP contribution in [0.4, 0.5) is 0 Å². The molecule has 0 aliphatic rings. The molecule has 2 rings (SSSR count). The van der Waals surface area contributed by atoms with Crippen molar-refractivity contribution < 1.29 is 4.79 Å². The molecule has 0 atom stereocenters. The van der Waals surface area contributed by atoms with Crippen LogP contribution >= 0.6 is 0 Å². The summed E-state index contributed by atoms with van der Waals surface area (Å²) in [6.45, 7) is 2.71. The van der Waals surface area contributed by atoms with Crippen molar-refractivity contribution >= 4 is 5.91 Å². The molecule has 0 bridgehead atoms. The third kappa shape index (κ3) is 4.44. The van der Waals surface area contributed by atoms with Crippen LogP contribution in [0.25, 0.3) is 0 Å². The molecule has 0 fully saturated rings. The molecule has 21 heavy (non-hydrogen) atoms. The second-order valence-corrected chi connectivity index (χ2v) is 4.57. The second kappa shape index (κ2) is 7.22. The fraction of sp³-hybridized carbons (Fsp3) is 0.176. The molecule has 0 radical (unpaired) electrons. The number of hydrogen-bond donors (Lipinski definition) is 2. The molecule has 2 aromatic rings. The molecule has 3 N–H and O–H groups in total. The predicted octanol–water partition coefficient (Wildman–Crippen LogP) is 1.63. The molecule has 0 saturated carbocycles. The third-order valence-electron chi connectivity index (χ3n) is 2.91. The number of nitrogens with zero attached hydrogens (tertiary/aromatic N) is 1. The lowest BCUT2D eigenvalue weighted by molar-refractivity contribution is 0.0951. The summed E-state index contributed by atoms with van der Waals surface area (Å²) in [4.78, 5) is 16.2. The van der Waals surface area contributed by atoms with Crippen molar-refractivity contribution in [2.75, 3.05) is 6.54 Å². The predicted molar refractivity (Wildman–Crippen MR) is 82.5 cm³/mol. The first-order valence-corrected chi connectivity index (χ1v) is 6.68. The summed E-state index contributed by atoms with van der Waals surface area (Å²) in [5.41, 5.74) is 8.70. The number of nitrogens with two attached hydrogens (primary N) is 1. The van der Waals surface area contributed by atoms with Gasteiger partial charge in [0.15, 0.2) is 0 Å². The van der Waals surface area contributed by atoms with Crippen LogP contribution in [0, 0.1) is 18.8 Å². The number of carbonyl (C=O) groups excluding carboxylic acids is 1. The van der Waals surface area contributed by atoms with Crippen molar-refractivity contribution in [2.45, 2.75) is 13.5 Å². The van der Waals surface area contributed by atoms with E-state index in [9.17, 15) is 4.79 Å². The molecule has 1 amide bonds. The van der Waals surface area contributed by atoms with Gasteiger partial charge in [-0.2, -0.15) is 0 Å². The quantitative estimate of drug-likeness (QED) is 0.839. The first kappa shape index (κ1) is 14.8. The van der Waals surface area contributed by atoms with Crippen molar-refractivity contribution in [3.63, 3.8) is 0 Å². The molecule has 0 aliphatic carbocycles. The van der Waals surface area contributed by atoms with Crippen molar-refractivity contribution in [3.8, 4) is 11.8 Å². The van der Waals surface area contributed by atoms with E-state index in [1.165, 1.54) is 0 Å². The Morgan fingerprint density at radius 1 is 1.24 bits per heavy atom. The minimum absolute atomic E-state index is 0.117. The largest absolute Gasteiger partial charge is 0.348 e. The smallest absolute Gasteiger partial charge is 0.251 e. The minimum atomic E-state index is -0.117. The van der Waals surface area contributed by atoms with Crippen molar-refractivity contribution in [1.82, 2.24) is 10.3 Å². The van der Waals surface area contributed by atoms with Gasteiger partial charge in [0.2, 0.25) is 0 Å². The first-order chi connectivity index (χ1) is 10.2. The number of aryl methyl sites for hydroxylation is 1. The van der Waals surface area contributed by atoms with Gasteiger partial charge in [-0.05, 0) is 42.8 Å². The molecule has 0 saturated heterocycles. The van der Waals surface area contributed by atoms with E-state index in [1.807, 2.05) is 31.2 Å². The van der Waals surface area contributed by atoms with Gasteiger partial charge in [0.25, 0.3) is 5.91 Å². The zero-order chi connectivity index (χ0) is 15.1. The lowest BCUT2D eigenvalue weighted by Crippen LogP contribution is -2.22. The summed E-state index contributed by atoms with van der Waals surface area (Å²) in [5.74, 6) is 5.58. The Balaban J connectivity index is 1.95. The molecule has 0 spiro atoms. The summed E-state index contributed by atoms with van der Waals surface area (Å²) in [6, 6.07) is 11.0. The van der Waals surface area contributed by atoms with Gasteiger partial charge in [-0.3, -0.25) is 9.78 Å². The fourth-order valence-electron chi connectivity index (χ4n) is 1.75. The average Bonchev–Trinajstić information content (AvgIpc) is 2.52. The Labute approximate surface area is 124 Å². The van der Waals surface area contributed by atoms with E-state index >= 15 is 0 Å². The third-order valence-corrected chi connectivity index (χ3v) is 2.91. The molecule has 4 heteroatoms. The van der Waals surface area contributed by atoms with Gasteiger partial charge in [0.1, 0.15) is 0 Å². The van der Waals surface area contributed by atoms with Crippen molar-refractivity contribution in [2.24, 2.45) is 5.73 Å². The van der Waals surface area contributed by atoms with Gasteiger partial charge >= 0.3 is 0 Å². The molecular formula is C17H17N3O. The summed E-state index contributed by atoms with van der Waals surface area (Å²) < 4.78 is 0. The highest BCUT2D eigenvalue weighted by atomic mass is 16.1. The molecule has 4 nitrogen and oxygen atoms in total. The fourth-order valence-corrected chi connectivity index (χ4v) is 1.75. The Hall–Kier alpha value is -2.64. The summed E-state index contributed by atoms with van der Waals surface area (Å²) in [5, 5.41) is 2.86. The van der Waals surface area contributed by atoms with Crippen molar-refractivity contribution in [3.05, 3.63) is 65.0 Å². The second-order valence-electron chi connectivity index (χ2n) is 4.57. The van der Waals surface area contributed by atoms with Crippen LogP contribution in [0.5, 0.6) is 0 Å². The Kier molecular flexibility index (Phi) is 5.08. The first-order valence-electron chi connectivity index (χ1n) is 6.68. The summed E-state index contributed by atoms with van der Waals surface area (Å²) >= 11 is 0. The number of pyridine rings is 1. The number of benzene rings is 1. The van der Waals surface area contributed by atoms with E-state index in [2.05, 4.69) is 22.1 Å². The number of nitrogens with one attached hydrogen (secondary N) is 1. The highest BCUT2D eigenvalue weighted by Gasteiger charge is 2.04. The van der Waals surface area contributed by atoms with Crippen LogP contribution in [0.3, 0.4) is 0 Å². The molecule has 0 aliphatic heterocycles. The molecule has 0 unspecified atom stereocenters. The highest BCUT2D eigenvalue weighted by molar-refractivity contribution is 5.94. The number of hydrogen-bond acceptors (Lipinski definition) is 3. The van der Waals surface area contributed by atoms with Crippen LogP contribution < -0.4 is 11.1 Å². The summed E-state index contributed by atoms with van der Waals surface area (Å²) in [6.07, 6.45) is 1.77. The zero-order valence-corrected chi connectivity index (χ0v) is 11.9. The molecular weight excluding hydrogens is 262 g/mol. The molecule has 1 aromatic heterocycles. The van der Waals surface area contributed by atoms with Gasteiger partial charge in [-0.25, -0.2) is 0 Å². The van der Waals surface area contributed by atoms with Gasteiger partial charge in [0, 0.05) is 29.6 Å². The van der Waals surface area contributed by atoms with Gasteiger partial charge < -0.3 is 11.1 Å². The van der Waals surface area contributed by atoms with Crippen LogP contribution in [-0.2, 0) is 6.54 Å². The van der Waals surface area contributed by atoms with Gasteiger partial charge in [-0.15, -0.1) is 0 Å². The molecule has 1 aromatic carbocycles. The monoisotopic (exact) mass is 279 g/mol. The lowest BCUT2D eigenvalue weighted by Gasteiger charge is -2.05. The van der Waals surface area contributed by atoms with E-state index in [0.717, 1.165) is 16.8 Å². The Morgan fingerprint density at radius 3 is 2.62 bits per heavy atom. The summed E-state index contributed by atoms with van der Waals surface area (Å²) in [7, 11) is 0. The topological polar surface area (TPSA) is 68.0 Å². The number of aromatic nitrogens is 1. The van der Waals surface area contributed by atoms with E-state index < -0.39 is 0 Å². The van der Waals surface area contributed by atoms with E-state index in [-0.39, 0.29) is 5.91 Å². The zero-order valence-electron chi connectivity index (χ0n) is 11.9. The number of amides is 1.